The van der Waals surface area contributed by atoms with E-state index in [1.807, 2.05) is 13.0 Å². The molecule has 1 aromatic rings. The zero-order valence-corrected chi connectivity index (χ0v) is 32.5. The van der Waals surface area contributed by atoms with Gasteiger partial charge in [-0.05, 0) is 95.4 Å². The van der Waals surface area contributed by atoms with Gasteiger partial charge in [-0.25, -0.2) is 18.0 Å². The second-order valence-corrected chi connectivity index (χ2v) is 18.2. The lowest BCUT2D eigenvalue weighted by Crippen LogP contribution is -2.59. The summed E-state index contributed by atoms with van der Waals surface area (Å²) in [7, 11) is -2.64. The maximum absolute atomic E-state index is 14.5. The number of rotatable bonds is 8. The minimum absolute atomic E-state index is 0.0615. The lowest BCUT2D eigenvalue weighted by molar-refractivity contribution is -0.244. The summed E-state index contributed by atoms with van der Waals surface area (Å²) in [5.74, 6) is -4.25. The highest BCUT2D eigenvalue weighted by Gasteiger charge is 2.63. The second kappa shape index (κ2) is 15.3. The van der Waals surface area contributed by atoms with Crippen LogP contribution >= 0.6 is 0 Å². The van der Waals surface area contributed by atoms with Gasteiger partial charge in [0.25, 0.3) is 5.91 Å². The molecule has 2 heterocycles. The Bertz CT molecular complexity index is 1810. The van der Waals surface area contributed by atoms with E-state index in [1.165, 1.54) is 26.2 Å². The lowest BCUT2D eigenvalue weighted by Gasteiger charge is -2.34. The van der Waals surface area contributed by atoms with E-state index in [1.54, 1.807) is 25.1 Å². The Labute approximate surface area is 318 Å². The highest BCUT2D eigenvalue weighted by molar-refractivity contribution is 7.91. The largest absolute Gasteiger partial charge is 0.497 e. The molecule has 18 heteroatoms. The molecular weight excluding hydrogens is 749 g/mol. The van der Waals surface area contributed by atoms with Crippen LogP contribution in [-0.2, 0) is 33.9 Å². The van der Waals surface area contributed by atoms with Crippen molar-refractivity contribution in [3.05, 3.63) is 42.0 Å². The Balaban J connectivity index is 1.48. The summed E-state index contributed by atoms with van der Waals surface area (Å²) in [6.07, 6.45) is -1.94. The molecule has 0 unspecified atom stereocenters. The number of amides is 4. The predicted molar refractivity (Wildman–Crippen MR) is 191 cm³/mol. The smallest absolute Gasteiger partial charge is 0.427 e. The Morgan fingerprint density at radius 1 is 1.04 bits per heavy atom. The molecule has 4 amide bonds. The Kier molecular flexibility index (Phi) is 11.6. The second-order valence-electron chi connectivity index (χ2n) is 16.0. The van der Waals surface area contributed by atoms with Gasteiger partial charge in [-0.2, -0.15) is 13.2 Å². The summed E-state index contributed by atoms with van der Waals surface area (Å²) >= 11 is 0. The van der Waals surface area contributed by atoms with E-state index in [4.69, 9.17) is 14.2 Å². The average Bonchev–Trinajstić information content (AvgIpc) is 3.98. The fourth-order valence-electron chi connectivity index (χ4n) is 6.99. The zero-order chi connectivity index (χ0) is 40.7. The number of hydrogen-bond acceptors (Lipinski definition) is 10. The van der Waals surface area contributed by atoms with E-state index in [-0.39, 0.29) is 30.9 Å². The molecule has 3 N–H and O–H groups in total. The van der Waals surface area contributed by atoms with Crippen LogP contribution in [-0.4, -0.2) is 97.0 Å². The third-order valence-electron chi connectivity index (χ3n) is 11.2. The van der Waals surface area contributed by atoms with E-state index in [0.29, 0.717) is 51.7 Å². The van der Waals surface area contributed by atoms with Gasteiger partial charge < -0.3 is 29.7 Å². The van der Waals surface area contributed by atoms with Gasteiger partial charge in [0.15, 0.2) is 0 Å². The van der Waals surface area contributed by atoms with Crippen molar-refractivity contribution in [2.24, 2.45) is 17.8 Å². The molecule has 55 heavy (non-hydrogen) atoms. The van der Waals surface area contributed by atoms with Gasteiger partial charge in [-0.15, -0.1) is 0 Å². The summed E-state index contributed by atoms with van der Waals surface area (Å²) in [5.41, 5.74) is -4.44. The number of methoxy groups -OCH3 is 1. The Morgan fingerprint density at radius 3 is 2.29 bits per heavy atom. The van der Waals surface area contributed by atoms with Crippen molar-refractivity contribution in [1.82, 2.24) is 20.3 Å². The third-order valence-corrected chi connectivity index (χ3v) is 13.3. The summed E-state index contributed by atoms with van der Waals surface area (Å²) in [4.78, 5) is 69.9. The van der Waals surface area contributed by atoms with Gasteiger partial charge in [0, 0.05) is 12.3 Å². The number of alkyl halides is 3. The number of nitrogens with one attached hydrogen (secondary N) is 3. The van der Waals surface area contributed by atoms with Crippen LogP contribution in [0.15, 0.2) is 36.4 Å². The highest BCUT2D eigenvalue weighted by atomic mass is 32.2. The number of ether oxygens (including phenoxy) is 3. The Morgan fingerprint density at radius 2 is 1.69 bits per heavy atom. The summed E-state index contributed by atoms with van der Waals surface area (Å²) in [6.45, 7) is 6.05. The zero-order valence-electron chi connectivity index (χ0n) is 31.7. The number of fused-ring (bicyclic) bond motifs is 2. The van der Waals surface area contributed by atoms with E-state index in [9.17, 15) is 45.6 Å². The van der Waals surface area contributed by atoms with Crippen molar-refractivity contribution in [2.45, 2.75) is 120 Å². The topological polar surface area (TPSA) is 187 Å². The number of benzene rings is 1. The number of sulfonamides is 1. The third kappa shape index (κ3) is 9.04. The van der Waals surface area contributed by atoms with Gasteiger partial charge in [-0.1, -0.05) is 26.0 Å². The van der Waals surface area contributed by atoms with Crippen molar-refractivity contribution in [1.29, 1.82) is 0 Å². The molecule has 0 radical (unpaired) electrons. The van der Waals surface area contributed by atoms with Crippen LogP contribution in [0.25, 0.3) is 0 Å². The van der Waals surface area contributed by atoms with E-state index in [2.05, 4.69) is 15.4 Å². The maximum Gasteiger partial charge on any atom is 0.427 e. The van der Waals surface area contributed by atoms with Crippen molar-refractivity contribution in [3.63, 3.8) is 0 Å². The number of hydrogen-bond donors (Lipinski definition) is 3. The molecule has 2 aliphatic carbocycles. The minimum Gasteiger partial charge on any atom is -0.497 e. The Hall–Kier alpha value is -4.35. The molecule has 304 valence electrons. The molecule has 2 saturated carbocycles. The van der Waals surface area contributed by atoms with Gasteiger partial charge in [0.05, 0.1) is 24.0 Å². The van der Waals surface area contributed by atoms with Crippen LogP contribution < -0.4 is 20.1 Å². The first kappa shape index (κ1) is 41.8. The molecule has 0 aromatic heterocycles. The van der Waals surface area contributed by atoms with Crippen LogP contribution in [0.3, 0.4) is 0 Å². The standard InChI is InChI=1S/C37H49F3N4O10S/c1-21-9-7-8-10-24-19-36(24,32(48)43-55(50,51)35(5)15-16-35)42-29(45)27-18-26(53-31(47)23-11-13-25(52-6)14-12-23)20-44(27)30(46)28(22(2)17-21)41-33(49)54-34(3,4)37(38,39)40/h8,10-14,21-22,24,26-28H,7,9,15-20H2,1-6H3,(H,41,49)(H,42,45)(H,43,48)/t21-,22+,24+,26+,27-,28-,36+/m0/s1. The number of carbonyl (C=O) groups excluding carboxylic acids is 5. The van der Waals surface area contributed by atoms with Gasteiger partial charge >= 0.3 is 18.2 Å². The fraction of sp³-hybridized carbons (Fsp3) is 0.649. The molecule has 3 fully saturated rings. The van der Waals surface area contributed by atoms with Crippen LogP contribution in [0, 0.1) is 17.8 Å². The molecule has 1 saturated heterocycles. The van der Waals surface area contributed by atoms with E-state index >= 15 is 0 Å². The van der Waals surface area contributed by atoms with Crippen LogP contribution in [0.1, 0.15) is 89.9 Å². The lowest BCUT2D eigenvalue weighted by atomic mass is 9.88. The molecule has 5 rings (SSSR count). The SMILES string of the molecule is COc1ccc(C(=O)O[C@@H]2C[C@H]3C(=O)N[C@]4(C(=O)NS(=O)(=O)C5(C)CC5)C[C@H]4C=CCC[C@H](C)C[C@@H](C)[C@H](NC(=O)OC(C)(C)C(F)(F)F)C(=O)N3C2)cc1. The number of nitrogens with zero attached hydrogens (tertiary/aromatic N) is 1. The summed E-state index contributed by atoms with van der Waals surface area (Å²) in [6, 6.07) is 3.11. The molecule has 14 nitrogen and oxygen atoms in total. The first-order valence-electron chi connectivity index (χ1n) is 18.3. The monoisotopic (exact) mass is 798 g/mol. The molecule has 2 aliphatic heterocycles. The van der Waals surface area contributed by atoms with E-state index in [0.717, 1.165) is 4.90 Å². The minimum atomic E-state index is -4.93. The average molecular weight is 799 g/mol. The molecule has 0 bridgehead atoms. The molecule has 1 aromatic carbocycles. The number of esters is 1. The van der Waals surface area contributed by atoms with Gasteiger partial charge in [-0.3, -0.25) is 19.1 Å². The molecule has 0 spiro atoms. The van der Waals surface area contributed by atoms with Crippen LogP contribution in [0.4, 0.5) is 18.0 Å². The van der Waals surface area contributed by atoms with Crippen LogP contribution in [0.2, 0.25) is 0 Å². The van der Waals surface area contributed by atoms with Crippen LogP contribution in [0.5, 0.6) is 5.75 Å². The number of carbonyl (C=O) groups is 5. The van der Waals surface area contributed by atoms with Gasteiger partial charge in [0.1, 0.15) is 29.5 Å². The first-order valence-corrected chi connectivity index (χ1v) is 19.8. The van der Waals surface area contributed by atoms with Crippen molar-refractivity contribution in [3.8, 4) is 5.75 Å². The quantitative estimate of drug-likeness (QED) is 0.255. The summed E-state index contributed by atoms with van der Waals surface area (Å²) in [5, 5.41) is 5.03. The maximum atomic E-state index is 14.5. The normalized spacial score (nSPS) is 29.7. The highest BCUT2D eigenvalue weighted by Crippen LogP contribution is 2.47. The first-order chi connectivity index (χ1) is 25.5. The molecule has 7 atom stereocenters. The van der Waals surface area contributed by atoms with Crippen molar-refractivity contribution < 1.29 is 59.8 Å². The van der Waals surface area contributed by atoms with Gasteiger partial charge in [0.2, 0.25) is 27.4 Å². The number of allylic oxidation sites excluding steroid dienone is 1. The predicted octanol–water partition coefficient (Wildman–Crippen LogP) is 4.14. The molecule has 4 aliphatic rings. The van der Waals surface area contributed by atoms with Crippen molar-refractivity contribution in [2.75, 3.05) is 13.7 Å². The fourth-order valence-corrected chi connectivity index (χ4v) is 8.30. The molecular formula is C37H49F3N4O10S. The summed E-state index contributed by atoms with van der Waals surface area (Å²) < 4.78 is 83.8. The number of halogens is 3. The van der Waals surface area contributed by atoms with E-state index < -0.39 is 91.9 Å². The number of alkyl carbamates (subject to hydrolysis) is 1. The van der Waals surface area contributed by atoms with Crippen molar-refractivity contribution >= 4 is 39.8 Å².